The van der Waals surface area contributed by atoms with Crippen LogP contribution < -0.4 is 0 Å². The van der Waals surface area contributed by atoms with Gasteiger partial charge in [-0.15, -0.1) is 0 Å². The molecule has 1 aliphatic heterocycles. The predicted molar refractivity (Wildman–Crippen MR) is 103 cm³/mol. The summed E-state index contributed by atoms with van der Waals surface area (Å²) in [5, 5.41) is 0. The maximum absolute atomic E-state index is 4.70. The van der Waals surface area contributed by atoms with Crippen molar-refractivity contribution in [1.29, 1.82) is 0 Å². The third-order valence-corrected chi connectivity index (χ3v) is 5.14. The molecule has 0 amide bonds. The molecule has 24 heavy (non-hydrogen) atoms. The van der Waals surface area contributed by atoms with Crippen molar-refractivity contribution in [3.8, 4) is 0 Å². The number of nitrogens with zero attached hydrogens (tertiary/aromatic N) is 1. The van der Waals surface area contributed by atoms with Gasteiger partial charge in [0.25, 0.3) is 0 Å². The van der Waals surface area contributed by atoms with Crippen LogP contribution in [0.2, 0.25) is 0 Å². The quantitative estimate of drug-likeness (QED) is 0.659. The van der Waals surface area contributed by atoms with E-state index in [0.29, 0.717) is 11.8 Å². The molecule has 4 rings (SSSR count). The lowest BCUT2D eigenvalue weighted by atomic mass is 9.89. The number of hydrogen-bond donors (Lipinski definition) is 0. The molecule has 1 aliphatic carbocycles. The number of benzene rings is 2. The normalized spacial score (nSPS) is 18.8. The third kappa shape index (κ3) is 2.65. The van der Waals surface area contributed by atoms with E-state index in [1.807, 2.05) is 6.20 Å². The molecule has 1 heterocycles. The van der Waals surface area contributed by atoms with Crippen LogP contribution in [0.4, 0.5) is 0 Å². The molecule has 0 saturated heterocycles. The Balaban J connectivity index is 1.55. The molecule has 1 nitrogen and oxygen atoms in total. The fourth-order valence-corrected chi connectivity index (χ4v) is 3.64. The van der Waals surface area contributed by atoms with Crippen molar-refractivity contribution in [3.63, 3.8) is 0 Å². The summed E-state index contributed by atoms with van der Waals surface area (Å²) < 4.78 is 0. The van der Waals surface area contributed by atoms with Crippen LogP contribution in [-0.2, 0) is 0 Å². The molecule has 1 unspecified atom stereocenters. The molecule has 2 aromatic carbocycles. The number of aliphatic imine (C=N–C) groups is 1. The minimum absolute atomic E-state index is 0.556. The zero-order valence-electron chi connectivity index (χ0n) is 14.6. The fraction of sp³-hybridized carbons (Fsp3) is 0.261. The average Bonchev–Trinajstić information content (AvgIpc) is 3.22. The van der Waals surface area contributed by atoms with Gasteiger partial charge in [0.1, 0.15) is 0 Å². The van der Waals surface area contributed by atoms with E-state index in [9.17, 15) is 0 Å². The van der Waals surface area contributed by atoms with Crippen LogP contribution in [0.15, 0.2) is 59.7 Å². The van der Waals surface area contributed by atoms with E-state index in [1.165, 1.54) is 39.1 Å². The van der Waals surface area contributed by atoms with E-state index in [0.717, 1.165) is 6.42 Å². The van der Waals surface area contributed by atoms with E-state index in [4.69, 9.17) is 4.99 Å². The van der Waals surface area contributed by atoms with Gasteiger partial charge in [0.15, 0.2) is 0 Å². The molecule has 0 bridgehead atoms. The Morgan fingerprint density at radius 2 is 1.75 bits per heavy atom. The second kappa shape index (κ2) is 5.90. The molecule has 0 aromatic heterocycles. The molecule has 0 fully saturated rings. The third-order valence-electron chi connectivity index (χ3n) is 5.14. The smallest absolute Gasteiger partial charge is 0.0520 e. The first-order chi connectivity index (χ1) is 11.6. The Kier molecular flexibility index (Phi) is 3.72. The van der Waals surface area contributed by atoms with E-state index >= 15 is 0 Å². The van der Waals surface area contributed by atoms with Gasteiger partial charge in [-0.1, -0.05) is 68.0 Å². The highest BCUT2D eigenvalue weighted by Gasteiger charge is 2.22. The van der Waals surface area contributed by atoms with Gasteiger partial charge in [0.2, 0.25) is 0 Å². The summed E-state index contributed by atoms with van der Waals surface area (Å²) in [6, 6.07) is 15.6. The van der Waals surface area contributed by atoms with Crippen LogP contribution in [0.5, 0.6) is 0 Å². The summed E-state index contributed by atoms with van der Waals surface area (Å²) in [7, 11) is 0. The number of aryl methyl sites for hydroxylation is 1. The molecule has 0 N–H and O–H groups in total. The minimum atomic E-state index is 0.556. The highest BCUT2D eigenvalue weighted by molar-refractivity contribution is 6.09. The topological polar surface area (TPSA) is 12.4 Å². The summed E-state index contributed by atoms with van der Waals surface area (Å²) in [6.07, 6.45) is 7.55. The minimum Gasteiger partial charge on any atom is -0.260 e. The fourth-order valence-electron chi connectivity index (χ4n) is 3.64. The van der Waals surface area contributed by atoms with Gasteiger partial charge in [0, 0.05) is 18.5 Å². The Bertz CT molecular complexity index is 863. The summed E-state index contributed by atoms with van der Waals surface area (Å²) in [5.41, 5.74) is 9.12. The van der Waals surface area contributed by atoms with Crippen LogP contribution in [-0.4, -0.2) is 5.71 Å². The van der Waals surface area contributed by atoms with E-state index in [-0.39, 0.29) is 0 Å². The zero-order chi connectivity index (χ0) is 16.7. The molecular formula is C23H23N. The Hall–Kier alpha value is -2.41. The largest absolute Gasteiger partial charge is 0.260 e. The summed E-state index contributed by atoms with van der Waals surface area (Å²) in [4.78, 5) is 4.70. The monoisotopic (exact) mass is 313 g/mol. The van der Waals surface area contributed by atoms with E-state index in [2.05, 4.69) is 75.4 Å². The molecule has 0 saturated carbocycles. The second-order valence-electron chi connectivity index (χ2n) is 7.25. The Morgan fingerprint density at radius 3 is 2.50 bits per heavy atom. The van der Waals surface area contributed by atoms with Gasteiger partial charge in [-0.2, -0.15) is 0 Å². The van der Waals surface area contributed by atoms with Gasteiger partial charge in [-0.05, 0) is 46.7 Å². The second-order valence-corrected chi connectivity index (χ2v) is 7.25. The molecule has 2 aliphatic rings. The number of allylic oxidation sites excluding steroid dienone is 2. The van der Waals surface area contributed by atoms with Crippen molar-refractivity contribution in [2.75, 3.05) is 0 Å². The summed E-state index contributed by atoms with van der Waals surface area (Å²) >= 11 is 0. The van der Waals surface area contributed by atoms with E-state index < -0.39 is 0 Å². The average molecular weight is 313 g/mol. The predicted octanol–water partition coefficient (Wildman–Crippen LogP) is 6.00. The maximum atomic E-state index is 4.70. The highest BCUT2D eigenvalue weighted by Crippen LogP contribution is 2.36. The Morgan fingerprint density at radius 1 is 1.00 bits per heavy atom. The SMILES string of the molecule is Cc1ccc(C2=CN=C(c3ccc4c(c3)C=CC4C(C)C)C2)cc1. The number of hydrogen-bond acceptors (Lipinski definition) is 1. The molecule has 0 spiro atoms. The van der Waals surface area contributed by atoms with Crippen LogP contribution >= 0.6 is 0 Å². The molecular weight excluding hydrogens is 290 g/mol. The highest BCUT2D eigenvalue weighted by atomic mass is 14.7. The van der Waals surface area contributed by atoms with Crippen molar-refractivity contribution in [2.45, 2.75) is 33.1 Å². The molecule has 2 aromatic rings. The van der Waals surface area contributed by atoms with Crippen molar-refractivity contribution in [1.82, 2.24) is 0 Å². The van der Waals surface area contributed by atoms with Crippen LogP contribution in [0.25, 0.3) is 11.6 Å². The van der Waals surface area contributed by atoms with Crippen molar-refractivity contribution in [2.24, 2.45) is 10.9 Å². The summed E-state index contributed by atoms with van der Waals surface area (Å²) in [6.45, 7) is 6.70. The molecule has 120 valence electrons. The van der Waals surface area contributed by atoms with Crippen molar-refractivity contribution < 1.29 is 0 Å². The van der Waals surface area contributed by atoms with Crippen LogP contribution in [0, 0.1) is 12.8 Å². The lowest BCUT2D eigenvalue weighted by Crippen LogP contribution is -2.04. The summed E-state index contributed by atoms with van der Waals surface area (Å²) in [5.74, 6) is 1.20. The number of fused-ring (bicyclic) bond motifs is 1. The van der Waals surface area contributed by atoms with E-state index in [1.54, 1.807) is 0 Å². The Labute approximate surface area is 144 Å². The molecule has 1 heteroatoms. The maximum Gasteiger partial charge on any atom is 0.0520 e. The molecule has 0 radical (unpaired) electrons. The first-order valence-electron chi connectivity index (χ1n) is 8.77. The van der Waals surface area contributed by atoms with Gasteiger partial charge in [-0.3, -0.25) is 4.99 Å². The van der Waals surface area contributed by atoms with Crippen molar-refractivity contribution in [3.05, 3.63) is 82.6 Å². The lowest BCUT2D eigenvalue weighted by Gasteiger charge is -2.15. The van der Waals surface area contributed by atoms with Crippen molar-refractivity contribution >= 4 is 17.4 Å². The zero-order valence-corrected chi connectivity index (χ0v) is 14.6. The van der Waals surface area contributed by atoms with Gasteiger partial charge < -0.3 is 0 Å². The van der Waals surface area contributed by atoms with Gasteiger partial charge >= 0.3 is 0 Å². The lowest BCUT2D eigenvalue weighted by molar-refractivity contribution is 0.584. The molecule has 1 atom stereocenters. The van der Waals surface area contributed by atoms with Gasteiger partial charge in [0.05, 0.1) is 5.71 Å². The van der Waals surface area contributed by atoms with Crippen LogP contribution in [0.1, 0.15) is 54.0 Å². The van der Waals surface area contributed by atoms with Crippen LogP contribution in [0.3, 0.4) is 0 Å². The first-order valence-corrected chi connectivity index (χ1v) is 8.77. The standard InChI is InChI=1S/C23H23N/c1-15(2)21-10-8-18-12-19(9-11-22(18)21)23-13-20(14-24-23)17-6-4-16(3)5-7-17/h4-12,14-15,21H,13H2,1-3H3. The first kappa shape index (κ1) is 15.1. The number of rotatable bonds is 3. The van der Waals surface area contributed by atoms with Gasteiger partial charge in [-0.25, -0.2) is 0 Å².